The van der Waals surface area contributed by atoms with E-state index in [-0.39, 0.29) is 17.2 Å². The van der Waals surface area contributed by atoms with E-state index in [0.717, 1.165) is 29.7 Å². The maximum Gasteiger partial charge on any atom is 0.166 e. The van der Waals surface area contributed by atoms with E-state index in [1.165, 1.54) is 0 Å². The Balaban J connectivity index is 1.96. The van der Waals surface area contributed by atoms with Crippen LogP contribution in [-0.2, 0) is 4.79 Å². The molecule has 0 amide bonds. The van der Waals surface area contributed by atoms with Gasteiger partial charge >= 0.3 is 0 Å². The first kappa shape index (κ1) is 11.4. The van der Waals surface area contributed by atoms with E-state index in [4.69, 9.17) is 4.99 Å². The van der Waals surface area contributed by atoms with Crippen molar-refractivity contribution in [2.24, 2.45) is 10.4 Å². The average Bonchev–Trinajstić information content (AvgIpc) is 2.75. The van der Waals surface area contributed by atoms with Gasteiger partial charge in [0.15, 0.2) is 5.78 Å². The monoisotopic (exact) mass is 239 g/mol. The fraction of sp³-hybridized carbons (Fsp3) is 0.375. The fourth-order valence-corrected chi connectivity index (χ4v) is 3.02. The van der Waals surface area contributed by atoms with Gasteiger partial charge in [0.05, 0.1) is 11.5 Å². The molecule has 18 heavy (non-hydrogen) atoms. The number of allylic oxidation sites excluding steroid dienone is 1. The minimum atomic E-state index is -0.315. The van der Waals surface area contributed by atoms with Crippen LogP contribution < -0.4 is 0 Å². The number of Topliss-reactive ketones (excluding diaryl/α,β-unsaturated/α-hetero) is 1. The molecule has 1 heterocycles. The summed E-state index contributed by atoms with van der Waals surface area (Å²) in [6.07, 6.45) is 3.70. The Morgan fingerprint density at radius 2 is 2.00 bits per heavy atom. The first-order valence-electron chi connectivity index (χ1n) is 6.45. The molecule has 1 aromatic carbocycles. The topological polar surface area (TPSA) is 29.4 Å². The molecular weight excluding hydrogens is 222 g/mol. The highest BCUT2D eigenvalue weighted by molar-refractivity contribution is 6.10. The van der Waals surface area contributed by atoms with Crippen molar-refractivity contribution in [1.82, 2.24) is 0 Å². The smallest absolute Gasteiger partial charge is 0.166 e. The molecule has 0 spiro atoms. The van der Waals surface area contributed by atoms with Crippen LogP contribution in [0.5, 0.6) is 0 Å². The van der Waals surface area contributed by atoms with Gasteiger partial charge in [-0.1, -0.05) is 36.4 Å². The summed E-state index contributed by atoms with van der Waals surface area (Å²) in [4.78, 5) is 17.2. The number of nitrogens with zero attached hydrogens (tertiary/aromatic N) is 1. The van der Waals surface area contributed by atoms with Crippen LogP contribution in [0.1, 0.15) is 32.3 Å². The summed E-state index contributed by atoms with van der Waals surface area (Å²) >= 11 is 0. The summed E-state index contributed by atoms with van der Waals surface area (Å²) in [6, 6.07) is 10.3. The van der Waals surface area contributed by atoms with Crippen molar-refractivity contribution >= 4 is 11.5 Å². The van der Waals surface area contributed by atoms with Crippen LogP contribution in [0.3, 0.4) is 0 Å². The first-order chi connectivity index (χ1) is 8.61. The standard InChI is InChI=1S/C16H17NO/c1-11-8-9-14-16(2,15(11)18)10-13(17-14)12-6-4-3-5-7-12/h3-8,14H,9-10H2,1-2H3/t14-,16-/m1/s1. The summed E-state index contributed by atoms with van der Waals surface area (Å²) in [7, 11) is 0. The molecule has 1 aromatic rings. The van der Waals surface area contributed by atoms with E-state index < -0.39 is 0 Å². The Labute approximate surface area is 107 Å². The maximum atomic E-state index is 12.4. The molecule has 1 aliphatic carbocycles. The molecule has 3 rings (SSSR count). The average molecular weight is 239 g/mol. The van der Waals surface area contributed by atoms with Crippen LogP contribution in [-0.4, -0.2) is 17.5 Å². The molecular formula is C16H17NO. The summed E-state index contributed by atoms with van der Waals surface area (Å²) in [5, 5.41) is 0. The van der Waals surface area contributed by atoms with Crippen molar-refractivity contribution in [3.05, 3.63) is 47.5 Å². The summed E-state index contributed by atoms with van der Waals surface area (Å²) < 4.78 is 0. The molecule has 2 aliphatic rings. The van der Waals surface area contributed by atoms with Crippen molar-refractivity contribution in [2.75, 3.05) is 0 Å². The molecule has 0 saturated heterocycles. The highest BCUT2D eigenvalue weighted by Gasteiger charge is 2.48. The van der Waals surface area contributed by atoms with Crippen molar-refractivity contribution < 1.29 is 4.79 Å². The van der Waals surface area contributed by atoms with Gasteiger partial charge in [-0.05, 0) is 31.4 Å². The van der Waals surface area contributed by atoms with Gasteiger partial charge in [0.2, 0.25) is 0 Å². The third-order valence-corrected chi connectivity index (χ3v) is 4.21. The van der Waals surface area contributed by atoms with Gasteiger partial charge < -0.3 is 0 Å². The van der Waals surface area contributed by atoms with Crippen LogP contribution in [0.25, 0.3) is 0 Å². The lowest BCUT2D eigenvalue weighted by Crippen LogP contribution is -2.39. The van der Waals surface area contributed by atoms with E-state index in [0.29, 0.717) is 0 Å². The van der Waals surface area contributed by atoms with Crippen molar-refractivity contribution in [1.29, 1.82) is 0 Å². The lowest BCUT2D eigenvalue weighted by Gasteiger charge is -2.31. The molecule has 1 aliphatic heterocycles. The SMILES string of the molecule is CC1=CC[C@H]2N=C(c3ccccc3)C[C@@]2(C)C1=O. The van der Waals surface area contributed by atoms with Gasteiger partial charge in [-0.2, -0.15) is 0 Å². The second-order valence-corrected chi connectivity index (χ2v) is 5.50. The Bertz CT molecular complexity index is 556. The second-order valence-electron chi connectivity index (χ2n) is 5.50. The van der Waals surface area contributed by atoms with Crippen LogP contribution in [0, 0.1) is 5.41 Å². The second kappa shape index (κ2) is 3.91. The molecule has 92 valence electrons. The van der Waals surface area contributed by atoms with Crippen LogP contribution in [0.4, 0.5) is 0 Å². The summed E-state index contributed by atoms with van der Waals surface area (Å²) in [5.74, 6) is 0.272. The third-order valence-electron chi connectivity index (χ3n) is 4.21. The van der Waals surface area contributed by atoms with Gasteiger partial charge in [-0.3, -0.25) is 9.79 Å². The van der Waals surface area contributed by atoms with Crippen LogP contribution >= 0.6 is 0 Å². The zero-order valence-electron chi connectivity index (χ0n) is 10.8. The number of benzene rings is 1. The molecule has 0 N–H and O–H groups in total. The number of ketones is 1. The number of carbonyl (C=O) groups is 1. The van der Waals surface area contributed by atoms with Gasteiger partial charge in [0.25, 0.3) is 0 Å². The Morgan fingerprint density at radius 1 is 1.28 bits per heavy atom. The predicted molar refractivity (Wildman–Crippen MR) is 72.9 cm³/mol. The summed E-state index contributed by atoms with van der Waals surface area (Å²) in [6.45, 7) is 3.99. The highest BCUT2D eigenvalue weighted by atomic mass is 16.1. The molecule has 0 bridgehead atoms. The number of aliphatic imine (C=N–C) groups is 1. The van der Waals surface area contributed by atoms with E-state index in [1.807, 2.05) is 31.2 Å². The fourth-order valence-electron chi connectivity index (χ4n) is 3.02. The first-order valence-corrected chi connectivity index (χ1v) is 6.45. The minimum absolute atomic E-state index is 0.129. The van der Waals surface area contributed by atoms with E-state index in [9.17, 15) is 4.79 Å². The Morgan fingerprint density at radius 3 is 2.72 bits per heavy atom. The zero-order chi connectivity index (χ0) is 12.8. The van der Waals surface area contributed by atoms with Gasteiger partial charge in [-0.25, -0.2) is 0 Å². The number of hydrogen-bond acceptors (Lipinski definition) is 2. The molecule has 2 heteroatoms. The van der Waals surface area contributed by atoms with Crippen molar-refractivity contribution in [2.45, 2.75) is 32.7 Å². The molecule has 0 aromatic heterocycles. The minimum Gasteiger partial charge on any atom is -0.294 e. The number of hydrogen-bond donors (Lipinski definition) is 0. The largest absolute Gasteiger partial charge is 0.294 e. The Hall–Kier alpha value is -1.70. The Kier molecular flexibility index (Phi) is 2.47. The van der Waals surface area contributed by atoms with Gasteiger partial charge in [0, 0.05) is 12.1 Å². The van der Waals surface area contributed by atoms with Crippen molar-refractivity contribution in [3.63, 3.8) is 0 Å². The molecule has 2 nitrogen and oxygen atoms in total. The van der Waals surface area contributed by atoms with Crippen LogP contribution in [0.15, 0.2) is 47.0 Å². The molecule has 0 unspecified atom stereocenters. The predicted octanol–water partition coefficient (Wildman–Crippen LogP) is 3.17. The maximum absolute atomic E-state index is 12.4. The summed E-state index contributed by atoms with van der Waals surface area (Å²) in [5.41, 5.74) is 2.82. The van der Waals surface area contributed by atoms with Gasteiger partial charge in [-0.15, -0.1) is 0 Å². The van der Waals surface area contributed by atoms with Crippen LogP contribution in [0.2, 0.25) is 0 Å². The molecule has 2 atom stereocenters. The lowest BCUT2D eigenvalue weighted by atomic mass is 9.70. The molecule has 0 fully saturated rings. The number of carbonyl (C=O) groups excluding carboxylic acids is 1. The quantitative estimate of drug-likeness (QED) is 0.740. The lowest BCUT2D eigenvalue weighted by molar-refractivity contribution is -0.124. The number of rotatable bonds is 1. The normalized spacial score (nSPS) is 30.8. The van der Waals surface area contributed by atoms with E-state index in [2.05, 4.69) is 19.1 Å². The van der Waals surface area contributed by atoms with Crippen molar-refractivity contribution in [3.8, 4) is 0 Å². The zero-order valence-corrected chi connectivity index (χ0v) is 10.8. The number of fused-ring (bicyclic) bond motifs is 1. The highest BCUT2D eigenvalue weighted by Crippen LogP contribution is 2.43. The third kappa shape index (κ3) is 1.56. The van der Waals surface area contributed by atoms with Gasteiger partial charge in [0.1, 0.15) is 0 Å². The molecule has 0 radical (unpaired) electrons. The van der Waals surface area contributed by atoms with E-state index >= 15 is 0 Å². The van der Waals surface area contributed by atoms with E-state index in [1.54, 1.807) is 0 Å². The molecule has 0 saturated carbocycles.